The van der Waals surface area contributed by atoms with Crippen LogP contribution in [0.15, 0.2) is 29.8 Å². The van der Waals surface area contributed by atoms with Gasteiger partial charge in [-0.05, 0) is 12.1 Å². The highest BCUT2D eigenvalue weighted by Crippen LogP contribution is 2.35. The number of anilines is 1. The monoisotopic (exact) mass is 321 g/mol. The minimum atomic E-state index is -0.400. The molecule has 1 aromatic carbocycles. The van der Waals surface area contributed by atoms with Crippen LogP contribution in [0.5, 0.6) is 0 Å². The fourth-order valence-corrected chi connectivity index (χ4v) is 3.71. The van der Waals surface area contributed by atoms with Crippen molar-refractivity contribution in [2.24, 2.45) is 0 Å². The average Bonchev–Trinajstić information content (AvgIpc) is 3.08. The highest BCUT2D eigenvalue weighted by Gasteiger charge is 2.18. The Balaban J connectivity index is 1.75. The van der Waals surface area contributed by atoms with Gasteiger partial charge >= 0.3 is 0 Å². The standard InChI is InChI=1S/C14H12FN3OS2/c15-8-2-1-3-9-11(8)12(16)13(21-9)14(19)18-5-4-10-17-6-7-20-10/h1-3,6-7H,4-5,16H2,(H,18,19). The number of thiazole rings is 1. The Hall–Kier alpha value is -1.99. The molecule has 7 heteroatoms. The quantitative estimate of drug-likeness (QED) is 0.776. The van der Waals surface area contributed by atoms with E-state index in [4.69, 9.17) is 5.73 Å². The molecule has 1 amide bonds. The Morgan fingerprint density at radius 3 is 3.00 bits per heavy atom. The van der Waals surface area contributed by atoms with Crippen molar-refractivity contribution in [1.29, 1.82) is 0 Å². The van der Waals surface area contributed by atoms with Gasteiger partial charge in [-0.3, -0.25) is 4.79 Å². The number of rotatable bonds is 4. The molecule has 0 bridgehead atoms. The first-order valence-corrected chi connectivity index (χ1v) is 7.99. The molecule has 0 saturated carbocycles. The van der Waals surface area contributed by atoms with Crippen LogP contribution in [0, 0.1) is 5.82 Å². The second-order valence-electron chi connectivity index (χ2n) is 4.39. The summed E-state index contributed by atoms with van der Waals surface area (Å²) in [6, 6.07) is 4.71. The lowest BCUT2D eigenvalue weighted by molar-refractivity contribution is 0.0959. The zero-order valence-corrected chi connectivity index (χ0v) is 12.6. The summed E-state index contributed by atoms with van der Waals surface area (Å²) in [5.74, 6) is -0.673. The van der Waals surface area contributed by atoms with E-state index in [9.17, 15) is 9.18 Å². The van der Waals surface area contributed by atoms with Gasteiger partial charge in [0.25, 0.3) is 5.91 Å². The fourth-order valence-electron chi connectivity index (χ4n) is 2.04. The molecule has 21 heavy (non-hydrogen) atoms. The van der Waals surface area contributed by atoms with Crippen molar-refractivity contribution in [3.63, 3.8) is 0 Å². The van der Waals surface area contributed by atoms with Crippen molar-refractivity contribution in [3.05, 3.63) is 45.5 Å². The number of halogens is 1. The van der Waals surface area contributed by atoms with Crippen LogP contribution < -0.4 is 11.1 Å². The summed E-state index contributed by atoms with van der Waals surface area (Å²) >= 11 is 2.75. The van der Waals surface area contributed by atoms with Gasteiger partial charge in [0.1, 0.15) is 10.7 Å². The van der Waals surface area contributed by atoms with Gasteiger partial charge in [0, 0.05) is 29.2 Å². The van der Waals surface area contributed by atoms with E-state index < -0.39 is 5.82 Å². The summed E-state index contributed by atoms with van der Waals surface area (Å²) in [4.78, 5) is 16.7. The first kappa shape index (κ1) is 14.0. The lowest BCUT2D eigenvalue weighted by Gasteiger charge is -2.02. The molecule has 108 valence electrons. The minimum Gasteiger partial charge on any atom is -0.397 e. The molecule has 0 atom stereocenters. The molecule has 0 aliphatic heterocycles. The van der Waals surface area contributed by atoms with Gasteiger partial charge < -0.3 is 11.1 Å². The third-order valence-electron chi connectivity index (χ3n) is 3.02. The van der Waals surface area contributed by atoms with Crippen LogP contribution in [0.4, 0.5) is 10.1 Å². The summed E-state index contributed by atoms with van der Waals surface area (Å²) in [7, 11) is 0. The molecule has 4 nitrogen and oxygen atoms in total. The number of amides is 1. The van der Waals surface area contributed by atoms with Gasteiger partial charge in [0.2, 0.25) is 0 Å². The van der Waals surface area contributed by atoms with E-state index >= 15 is 0 Å². The highest BCUT2D eigenvalue weighted by atomic mass is 32.1. The fraction of sp³-hybridized carbons (Fsp3) is 0.143. The van der Waals surface area contributed by atoms with E-state index in [0.717, 1.165) is 5.01 Å². The molecule has 0 fully saturated rings. The Kier molecular flexibility index (Phi) is 3.85. The van der Waals surface area contributed by atoms with Crippen molar-refractivity contribution in [3.8, 4) is 0 Å². The van der Waals surface area contributed by atoms with Crippen LogP contribution in [-0.4, -0.2) is 17.4 Å². The molecule has 0 saturated heterocycles. The zero-order valence-electron chi connectivity index (χ0n) is 10.9. The molecule has 0 aliphatic carbocycles. The predicted octanol–water partition coefficient (Wildman–Crippen LogP) is 3.05. The van der Waals surface area contributed by atoms with Gasteiger partial charge in [-0.1, -0.05) is 6.07 Å². The molecule has 3 aromatic rings. The smallest absolute Gasteiger partial charge is 0.263 e. The molecular formula is C14H12FN3OS2. The van der Waals surface area contributed by atoms with Crippen LogP contribution in [0.2, 0.25) is 0 Å². The third-order valence-corrected chi connectivity index (χ3v) is 5.02. The lowest BCUT2D eigenvalue weighted by atomic mass is 10.2. The Morgan fingerprint density at radius 1 is 1.43 bits per heavy atom. The number of thiophene rings is 1. The number of aromatic nitrogens is 1. The number of nitrogens with zero attached hydrogens (tertiary/aromatic N) is 1. The largest absolute Gasteiger partial charge is 0.397 e. The highest BCUT2D eigenvalue weighted by molar-refractivity contribution is 7.21. The zero-order chi connectivity index (χ0) is 14.8. The first-order valence-electron chi connectivity index (χ1n) is 6.30. The van der Waals surface area contributed by atoms with E-state index in [1.807, 2.05) is 5.38 Å². The molecule has 2 heterocycles. The van der Waals surface area contributed by atoms with E-state index in [2.05, 4.69) is 10.3 Å². The molecule has 2 aromatic heterocycles. The number of hydrogen-bond acceptors (Lipinski definition) is 5. The van der Waals surface area contributed by atoms with Crippen LogP contribution in [0.25, 0.3) is 10.1 Å². The maximum Gasteiger partial charge on any atom is 0.263 e. The van der Waals surface area contributed by atoms with Crippen molar-refractivity contribution in [2.45, 2.75) is 6.42 Å². The van der Waals surface area contributed by atoms with Crippen LogP contribution in [0.3, 0.4) is 0 Å². The van der Waals surface area contributed by atoms with Crippen molar-refractivity contribution >= 4 is 44.4 Å². The summed E-state index contributed by atoms with van der Waals surface area (Å²) in [5, 5.41) is 5.98. The number of carbonyl (C=O) groups is 1. The molecule has 0 aliphatic rings. The summed E-state index contributed by atoms with van der Waals surface area (Å²) in [6.45, 7) is 0.475. The molecule has 0 radical (unpaired) electrons. The Bertz CT molecular complexity index is 783. The van der Waals surface area contributed by atoms with Gasteiger partial charge in [0.15, 0.2) is 0 Å². The SMILES string of the molecule is Nc1c(C(=O)NCCc2nccs2)sc2cccc(F)c12. The Morgan fingerprint density at radius 2 is 2.29 bits per heavy atom. The lowest BCUT2D eigenvalue weighted by Crippen LogP contribution is -2.25. The number of nitrogen functional groups attached to an aromatic ring is 1. The maximum absolute atomic E-state index is 13.7. The van der Waals surface area contributed by atoms with E-state index in [1.54, 1.807) is 29.7 Å². The average molecular weight is 321 g/mol. The normalized spacial score (nSPS) is 10.9. The maximum atomic E-state index is 13.7. The third kappa shape index (κ3) is 2.74. The van der Waals surface area contributed by atoms with Crippen molar-refractivity contribution in [1.82, 2.24) is 10.3 Å². The minimum absolute atomic E-state index is 0.208. The summed E-state index contributed by atoms with van der Waals surface area (Å²) in [6.07, 6.45) is 2.40. The number of carbonyl (C=O) groups excluding carboxylic acids is 1. The van der Waals surface area contributed by atoms with Crippen molar-refractivity contribution < 1.29 is 9.18 Å². The van der Waals surface area contributed by atoms with Crippen LogP contribution in [0.1, 0.15) is 14.7 Å². The topological polar surface area (TPSA) is 68.0 Å². The molecule has 3 rings (SSSR count). The molecule has 0 unspecified atom stereocenters. The van der Waals surface area contributed by atoms with Gasteiger partial charge in [-0.2, -0.15) is 0 Å². The van der Waals surface area contributed by atoms with Crippen molar-refractivity contribution in [2.75, 3.05) is 12.3 Å². The van der Waals surface area contributed by atoms with Gasteiger partial charge in [-0.25, -0.2) is 9.37 Å². The summed E-state index contributed by atoms with van der Waals surface area (Å²) < 4.78 is 14.4. The van der Waals surface area contributed by atoms with E-state index in [-0.39, 0.29) is 11.6 Å². The first-order chi connectivity index (χ1) is 10.2. The van der Waals surface area contributed by atoms with Crippen LogP contribution >= 0.6 is 22.7 Å². The molecular weight excluding hydrogens is 309 g/mol. The number of fused-ring (bicyclic) bond motifs is 1. The van der Waals surface area contributed by atoms with E-state index in [0.29, 0.717) is 27.9 Å². The number of hydrogen-bond donors (Lipinski definition) is 2. The van der Waals surface area contributed by atoms with E-state index in [1.165, 1.54) is 17.4 Å². The Labute approximate surface area is 128 Å². The van der Waals surface area contributed by atoms with Gasteiger partial charge in [0.05, 0.1) is 16.1 Å². The predicted molar refractivity (Wildman–Crippen MR) is 84.3 cm³/mol. The van der Waals surface area contributed by atoms with Gasteiger partial charge in [-0.15, -0.1) is 22.7 Å². The molecule has 3 N–H and O–H groups in total. The van der Waals surface area contributed by atoms with Crippen LogP contribution in [-0.2, 0) is 6.42 Å². The number of nitrogens with two attached hydrogens (primary N) is 1. The summed E-state index contributed by atoms with van der Waals surface area (Å²) in [5.41, 5.74) is 6.11. The second-order valence-corrected chi connectivity index (χ2v) is 6.42. The number of benzene rings is 1. The molecule has 0 spiro atoms. The number of nitrogens with one attached hydrogen (secondary N) is 1. The second kappa shape index (κ2) is 5.79.